The number of sulfone groups is 1. The maximum Gasteiger partial charge on any atom is 0.276 e. The van der Waals surface area contributed by atoms with Crippen LogP contribution in [0.5, 0.6) is 0 Å². The molecule has 0 spiro atoms. The summed E-state index contributed by atoms with van der Waals surface area (Å²) in [5, 5.41) is 14.5. The van der Waals surface area contributed by atoms with E-state index in [1.807, 2.05) is 6.07 Å². The zero-order valence-corrected chi connectivity index (χ0v) is 21.0. The molecule has 0 radical (unpaired) electrons. The third kappa shape index (κ3) is 4.64. The highest BCUT2D eigenvalue weighted by Gasteiger charge is 2.32. The second-order valence-corrected chi connectivity index (χ2v) is 11.7. The highest BCUT2D eigenvalue weighted by molar-refractivity contribution is 7.90. The first kappa shape index (κ1) is 24.2. The van der Waals surface area contributed by atoms with Crippen molar-refractivity contribution in [2.75, 3.05) is 18.4 Å². The van der Waals surface area contributed by atoms with Crippen LogP contribution in [0.2, 0.25) is 0 Å². The molecule has 0 saturated carbocycles. The quantitative estimate of drug-likeness (QED) is 0.398. The molecule has 1 fully saturated rings. The number of nitrogens with zero attached hydrogens (tertiary/aromatic N) is 5. The molecule has 11 nitrogen and oxygen atoms in total. The van der Waals surface area contributed by atoms with Gasteiger partial charge in [0.25, 0.3) is 5.91 Å². The monoisotopic (exact) mass is 537 g/mol. The summed E-state index contributed by atoms with van der Waals surface area (Å²) >= 11 is 0. The van der Waals surface area contributed by atoms with E-state index in [0.717, 1.165) is 5.39 Å². The number of carbonyl (C=O) groups excluding carboxylic acids is 2. The number of amides is 2. The lowest BCUT2D eigenvalue weighted by Crippen LogP contribution is -2.40. The maximum atomic E-state index is 14.5. The minimum absolute atomic E-state index is 0.0164. The predicted molar refractivity (Wildman–Crippen MR) is 135 cm³/mol. The topological polar surface area (TPSA) is 143 Å². The van der Waals surface area contributed by atoms with Gasteiger partial charge in [0.15, 0.2) is 15.5 Å². The summed E-state index contributed by atoms with van der Waals surface area (Å²) in [4.78, 5) is 31.5. The Morgan fingerprint density at radius 3 is 2.82 bits per heavy atom. The van der Waals surface area contributed by atoms with Gasteiger partial charge < -0.3 is 10.2 Å². The van der Waals surface area contributed by atoms with E-state index in [1.54, 1.807) is 34.1 Å². The zero-order chi connectivity index (χ0) is 26.4. The number of benzene rings is 1. The molecule has 5 heterocycles. The number of rotatable bonds is 5. The van der Waals surface area contributed by atoms with Crippen molar-refractivity contribution < 1.29 is 22.4 Å². The van der Waals surface area contributed by atoms with Crippen LogP contribution in [-0.4, -0.2) is 63.2 Å². The largest absolute Gasteiger partial charge is 0.342 e. The van der Waals surface area contributed by atoms with Gasteiger partial charge in [-0.3, -0.25) is 24.4 Å². The number of anilines is 1. The Labute approximate surface area is 217 Å². The van der Waals surface area contributed by atoms with E-state index in [4.69, 9.17) is 0 Å². The average molecular weight is 538 g/mol. The van der Waals surface area contributed by atoms with Gasteiger partial charge >= 0.3 is 0 Å². The van der Waals surface area contributed by atoms with Gasteiger partial charge in [0.05, 0.1) is 47.1 Å². The summed E-state index contributed by atoms with van der Waals surface area (Å²) in [6, 6.07) is 6.69. The molecule has 6 rings (SSSR count). The number of carbonyl (C=O) groups is 2. The van der Waals surface area contributed by atoms with Crippen LogP contribution < -0.4 is 5.32 Å². The Morgan fingerprint density at radius 2 is 2.00 bits per heavy atom. The molecule has 2 amide bonds. The van der Waals surface area contributed by atoms with Crippen LogP contribution in [0.1, 0.15) is 46.2 Å². The predicted octanol–water partition coefficient (Wildman–Crippen LogP) is 2.38. The smallest absolute Gasteiger partial charge is 0.276 e. The average Bonchev–Trinajstić information content (AvgIpc) is 3.58. The van der Waals surface area contributed by atoms with E-state index in [2.05, 4.69) is 25.6 Å². The summed E-state index contributed by atoms with van der Waals surface area (Å²) in [7, 11) is -3.26. The highest BCUT2D eigenvalue weighted by Crippen LogP contribution is 2.27. The van der Waals surface area contributed by atoms with Crippen molar-refractivity contribution in [1.29, 1.82) is 0 Å². The van der Waals surface area contributed by atoms with Crippen molar-refractivity contribution in [3.8, 4) is 0 Å². The molecule has 2 aliphatic heterocycles. The molecule has 3 aromatic heterocycles. The number of fused-ring (bicyclic) bond motifs is 2. The van der Waals surface area contributed by atoms with Crippen molar-refractivity contribution in [2.45, 2.75) is 36.8 Å². The lowest BCUT2D eigenvalue weighted by molar-refractivity contribution is -0.131. The molecule has 38 heavy (non-hydrogen) atoms. The number of nitrogens with one attached hydrogen (secondary N) is 2. The van der Waals surface area contributed by atoms with Crippen LogP contribution >= 0.6 is 0 Å². The number of piperidine rings is 1. The zero-order valence-electron chi connectivity index (χ0n) is 20.2. The molecule has 0 unspecified atom stereocenters. The van der Waals surface area contributed by atoms with Crippen molar-refractivity contribution in [3.63, 3.8) is 0 Å². The molecule has 196 valence electrons. The third-order valence-corrected chi connectivity index (χ3v) is 8.52. The number of pyridine rings is 1. The van der Waals surface area contributed by atoms with Crippen molar-refractivity contribution in [3.05, 3.63) is 71.2 Å². The molecular weight excluding hydrogens is 513 g/mol. The van der Waals surface area contributed by atoms with E-state index in [9.17, 15) is 22.4 Å². The van der Waals surface area contributed by atoms with Crippen molar-refractivity contribution >= 4 is 38.2 Å². The molecule has 0 atom stereocenters. The molecule has 13 heteroatoms. The van der Waals surface area contributed by atoms with E-state index >= 15 is 0 Å². The summed E-state index contributed by atoms with van der Waals surface area (Å²) in [6.07, 6.45) is 6.15. The van der Waals surface area contributed by atoms with Gasteiger partial charge in [0, 0.05) is 42.5 Å². The fourth-order valence-corrected chi connectivity index (χ4v) is 6.61. The van der Waals surface area contributed by atoms with Crippen LogP contribution in [0.3, 0.4) is 0 Å². The van der Waals surface area contributed by atoms with Crippen LogP contribution in [0.15, 0.2) is 42.9 Å². The Bertz CT molecular complexity index is 1670. The Balaban J connectivity index is 1.05. The lowest BCUT2D eigenvalue weighted by Gasteiger charge is -2.32. The molecule has 1 aromatic carbocycles. The SMILES string of the molecule is O=C(Nc1cnn(C2CCN(C(=O)Cc3cc4cccnc4cc3F)CC2)c1)c1n[nH]c2c1CS(=O)(=O)C2. The number of likely N-dealkylation sites (tertiary alicyclic amines) is 1. The Kier molecular flexibility index (Phi) is 5.94. The lowest BCUT2D eigenvalue weighted by atomic mass is 10.0. The maximum absolute atomic E-state index is 14.5. The van der Waals surface area contributed by atoms with Gasteiger partial charge in [-0.15, -0.1) is 0 Å². The molecule has 1 saturated heterocycles. The first-order valence-electron chi connectivity index (χ1n) is 12.2. The molecule has 2 aliphatic rings. The van der Waals surface area contributed by atoms with Gasteiger partial charge in [0.2, 0.25) is 5.91 Å². The second-order valence-electron chi connectivity index (χ2n) is 9.65. The number of hydrogen-bond acceptors (Lipinski definition) is 7. The van der Waals surface area contributed by atoms with E-state index in [1.165, 1.54) is 12.3 Å². The van der Waals surface area contributed by atoms with Crippen LogP contribution in [0.4, 0.5) is 10.1 Å². The van der Waals surface area contributed by atoms with Crippen LogP contribution in [0.25, 0.3) is 10.9 Å². The van der Waals surface area contributed by atoms with Gasteiger partial charge in [-0.05, 0) is 30.5 Å². The fraction of sp³-hybridized carbons (Fsp3) is 0.320. The summed E-state index contributed by atoms with van der Waals surface area (Å²) in [6.45, 7) is 1.02. The normalized spacial score (nSPS) is 17.0. The summed E-state index contributed by atoms with van der Waals surface area (Å²) in [5.41, 5.74) is 2.30. The molecule has 2 N–H and O–H groups in total. The number of aromatic amines is 1. The van der Waals surface area contributed by atoms with E-state index in [-0.39, 0.29) is 35.6 Å². The standard InChI is InChI=1S/C25H24FN7O4S/c26-20-10-21-15(2-1-5-27-21)8-16(20)9-23(34)32-6-3-18(4-7-32)33-12-17(11-28-33)29-25(35)24-19-13-38(36,37)14-22(19)30-31-24/h1-2,5,8,10-12,18H,3-4,6-7,9,13-14H2,(H,29,35)(H,30,31). The number of halogens is 1. The van der Waals surface area contributed by atoms with Gasteiger partial charge in [-0.1, -0.05) is 6.07 Å². The van der Waals surface area contributed by atoms with Gasteiger partial charge in [-0.25, -0.2) is 12.8 Å². The van der Waals surface area contributed by atoms with E-state index in [0.29, 0.717) is 54.0 Å². The molecular formula is C25H24FN7O4S. The minimum atomic E-state index is -3.26. The van der Waals surface area contributed by atoms with Gasteiger partial charge in [-0.2, -0.15) is 10.2 Å². The first-order chi connectivity index (χ1) is 18.3. The summed E-state index contributed by atoms with van der Waals surface area (Å²) in [5.74, 6) is -1.42. The molecule has 0 aliphatic carbocycles. The number of H-pyrrole nitrogens is 1. The Morgan fingerprint density at radius 1 is 1.18 bits per heavy atom. The van der Waals surface area contributed by atoms with Crippen LogP contribution in [0, 0.1) is 5.82 Å². The van der Waals surface area contributed by atoms with Crippen molar-refractivity contribution in [2.24, 2.45) is 0 Å². The third-order valence-electron chi connectivity index (χ3n) is 7.06. The number of hydrogen-bond donors (Lipinski definition) is 2. The summed E-state index contributed by atoms with van der Waals surface area (Å²) < 4.78 is 40.0. The fourth-order valence-electron chi connectivity index (χ4n) is 5.08. The first-order valence-corrected chi connectivity index (χ1v) is 14.0. The Hall–Kier alpha value is -4.13. The minimum Gasteiger partial charge on any atom is -0.342 e. The highest BCUT2D eigenvalue weighted by atomic mass is 32.2. The molecule has 4 aromatic rings. The van der Waals surface area contributed by atoms with Crippen molar-refractivity contribution in [1.82, 2.24) is 29.9 Å². The van der Waals surface area contributed by atoms with E-state index < -0.39 is 21.6 Å². The van der Waals surface area contributed by atoms with Gasteiger partial charge in [0.1, 0.15) is 5.82 Å². The molecule has 0 bridgehead atoms. The second kappa shape index (κ2) is 9.31. The van der Waals surface area contributed by atoms with Crippen LogP contribution in [-0.2, 0) is 32.6 Å². The number of aromatic nitrogens is 5.